The van der Waals surface area contributed by atoms with E-state index < -0.39 is 27.8 Å². The van der Waals surface area contributed by atoms with E-state index in [1.165, 1.54) is 17.0 Å². The van der Waals surface area contributed by atoms with E-state index in [9.17, 15) is 13.2 Å². The lowest BCUT2D eigenvalue weighted by atomic mass is 9.88. The van der Waals surface area contributed by atoms with Crippen molar-refractivity contribution in [3.05, 3.63) is 59.0 Å². The van der Waals surface area contributed by atoms with Gasteiger partial charge in [0, 0.05) is 34.2 Å². The Kier molecular flexibility index (Phi) is 5.38. The fourth-order valence-electron chi connectivity index (χ4n) is 4.70. The number of H-pyrrole nitrogens is 1. The van der Waals surface area contributed by atoms with Crippen LogP contribution in [0.25, 0.3) is 10.9 Å². The molecule has 1 saturated carbocycles. The highest BCUT2D eigenvalue weighted by Gasteiger charge is 2.40. The van der Waals surface area contributed by atoms with Gasteiger partial charge >= 0.3 is 0 Å². The molecular formula is C25H24FN3O4S. The number of terminal acetylenes is 1. The maximum Gasteiger partial charge on any atom is 0.299 e. The molecular weight excluding hydrogens is 457 g/mol. The van der Waals surface area contributed by atoms with Gasteiger partial charge in [-0.2, -0.15) is 0 Å². The summed E-state index contributed by atoms with van der Waals surface area (Å²) < 4.78 is 48.6. The molecule has 2 aromatic carbocycles. The molecule has 0 spiro atoms. The average Bonchev–Trinajstić information content (AvgIpc) is 3.55. The van der Waals surface area contributed by atoms with Crippen molar-refractivity contribution in [2.45, 2.75) is 49.2 Å². The summed E-state index contributed by atoms with van der Waals surface area (Å²) in [6.45, 7) is 1.86. The topological polar surface area (TPSA) is 91.5 Å². The number of hydrogen-bond acceptors (Lipinski definition) is 4. The Labute approximate surface area is 197 Å². The molecule has 0 saturated heterocycles. The number of sulfonamides is 1. The summed E-state index contributed by atoms with van der Waals surface area (Å²) in [4.78, 5) is 17.4. The fourth-order valence-corrected chi connectivity index (χ4v) is 6.01. The second-order valence-corrected chi connectivity index (χ2v) is 10.5. The van der Waals surface area contributed by atoms with Crippen molar-refractivity contribution in [1.82, 2.24) is 14.6 Å². The number of carbonyl (C=O) groups is 1. The molecule has 1 aliphatic carbocycles. The van der Waals surface area contributed by atoms with Gasteiger partial charge in [-0.05, 0) is 68.0 Å². The summed E-state index contributed by atoms with van der Waals surface area (Å²) >= 11 is 0. The molecule has 2 atom stereocenters. The van der Waals surface area contributed by atoms with E-state index in [0.717, 1.165) is 35.4 Å². The third-order valence-electron chi connectivity index (χ3n) is 6.51. The largest absolute Gasteiger partial charge is 0.497 e. The Balaban J connectivity index is 1.66. The summed E-state index contributed by atoms with van der Waals surface area (Å²) in [6.07, 6.45) is 7.53. The molecule has 1 fully saturated rings. The maximum atomic E-state index is 15.5. The summed E-state index contributed by atoms with van der Waals surface area (Å²) in [5, 5.41) is 0.923. The Bertz CT molecular complexity index is 1450. The van der Waals surface area contributed by atoms with Crippen LogP contribution in [0.15, 0.2) is 41.3 Å². The summed E-state index contributed by atoms with van der Waals surface area (Å²) in [6, 6.07) is 8.14. The Morgan fingerprint density at radius 3 is 2.68 bits per heavy atom. The number of benzene rings is 2. The van der Waals surface area contributed by atoms with Crippen molar-refractivity contribution in [1.29, 1.82) is 0 Å². The third kappa shape index (κ3) is 3.73. The van der Waals surface area contributed by atoms with Crippen LogP contribution < -0.4 is 9.46 Å². The van der Waals surface area contributed by atoms with Gasteiger partial charge in [-0.25, -0.2) is 17.5 Å². The van der Waals surface area contributed by atoms with Gasteiger partial charge in [-0.3, -0.25) is 4.79 Å². The monoisotopic (exact) mass is 481 g/mol. The average molecular weight is 482 g/mol. The molecule has 0 bridgehead atoms. The number of carbonyl (C=O) groups excluding carboxylic acids is 1. The minimum atomic E-state index is -3.83. The highest BCUT2D eigenvalue weighted by molar-refractivity contribution is 7.89. The van der Waals surface area contributed by atoms with Crippen LogP contribution >= 0.6 is 0 Å². The highest BCUT2D eigenvalue weighted by Crippen LogP contribution is 2.42. The van der Waals surface area contributed by atoms with Gasteiger partial charge in [0.2, 0.25) is 10.0 Å². The molecule has 2 N–H and O–H groups in total. The summed E-state index contributed by atoms with van der Waals surface area (Å²) in [5.74, 6) is 1.55. The van der Waals surface area contributed by atoms with E-state index in [1.54, 1.807) is 7.11 Å². The van der Waals surface area contributed by atoms with Crippen molar-refractivity contribution in [3.8, 4) is 18.1 Å². The van der Waals surface area contributed by atoms with Crippen LogP contribution in [0.5, 0.6) is 5.75 Å². The van der Waals surface area contributed by atoms with E-state index in [2.05, 4.69) is 15.6 Å². The number of nitrogens with zero attached hydrogens (tertiary/aromatic N) is 1. The number of ether oxygens (including phenoxy) is 1. The van der Waals surface area contributed by atoms with Gasteiger partial charge in [0.1, 0.15) is 17.6 Å². The van der Waals surface area contributed by atoms with E-state index in [0.29, 0.717) is 17.9 Å². The van der Waals surface area contributed by atoms with Crippen LogP contribution in [-0.4, -0.2) is 43.4 Å². The zero-order valence-corrected chi connectivity index (χ0v) is 19.6. The van der Waals surface area contributed by atoms with Crippen molar-refractivity contribution < 1.29 is 22.3 Å². The Morgan fingerprint density at radius 1 is 1.26 bits per heavy atom. The summed E-state index contributed by atoms with van der Waals surface area (Å²) in [7, 11) is -2.24. The van der Waals surface area contributed by atoms with Gasteiger partial charge in [0.05, 0.1) is 12.0 Å². The van der Waals surface area contributed by atoms with Crippen LogP contribution in [0, 0.1) is 18.2 Å². The Hall–Kier alpha value is -3.35. The first-order valence-corrected chi connectivity index (χ1v) is 12.5. The van der Waals surface area contributed by atoms with Crippen molar-refractivity contribution in [2.24, 2.45) is 0 Å². The molecule has 9 heteroatoms. The first-order chi connectivity index (χ1) is 16.2. The number of methoxy groups -OCH3 is 1. The van der Waals surface area contributed by atoms with Crippen LogP contribution in [0.3, 0.4) is 0 Å². The smallest absolute Gasteiger partial charge is 0.299 e. The standard InChI is InChI=1S/C25H24FN3O4S/c1-4-23(30)29-14(2)11-20-19-12-16(33-3)7-10-22(19)27-24(20)25(29)18-9-8-17(13-21(18)26)34(31,32)28-15-5-6-15/h1,7-10,12-15,25,27-28H,5-6,11H2,2-3H3/t14-,25-/m0/s1. The van der Waals surface area contributed by atoms with Crippen molar-refractivity contribution >= 4 is 26.8 Å². The van der Waals surface area contributed by atoms with Gasteiger partial charge in [-0.15, -0.1) is 6.42 Å². The van der Waals surface area contributed by atoms with Gasteiger partial charge in [0.15, 0.2) is 0 Å². The zero-order chi connectivity index (χ0) is 24.2. The van der Waals surface area contributed by atoms with Crippen LogP contribution in [0.1, 0.15) is 42.6 Å². The number of aromatic amines is 1. The molecule has 0 radical (unpaired) electrons. The quantitative estimate of drug-likeness (QED) is 0.548. The van der Waals surface area contributed by atoms with Crippen molar-refractivity contribution in [2.75, 3.05) is 7.11 Å². The lowest BCUT2D eigenvalue weighted by Gasteiger charge is -2.40. The minimum Gasteiger partial charge on any atom is -0.497 e. The molecule has 5 rings (SSSR count). The Morgan fingerprint density at radius 2 is 2.03 bits per heavy atom. The second-order valence-electron chi connectivity index (χ2n) is 8.82. The molecule has 176 valence electrons. The third-order valence-corrected chi connectivity index (χ3v) is 8.02. The lowest BCUT2D eigenvalue weighted by molar-refractivity contribution is -0.129. The number of hydrogen-bond donors (Lipinski definition) is 2. The molecule has 34 heavy (non-hydrogen) atoms. The van der Waals surface area contributed by atoms with E-state index in [1.807, 2.05) is 25.1 Å². The van der Waals surface area contributed by atoms with Gasteiger partial charge in [-0.1, -0.05) is 6.07 Å². The van der Waals surface area contributed by atoms with E-state index >= 15 is 4.39 Å². The van der Waals surface area contributed by atoms with Crippen LogP contribution in [-0.2, 0) is 21.2 Å². The normalized spacial score (nSPS) is 20.1. The van der Waals surface area contributed by atoms with Gasteiger partial charge < -0.3 is 14.6 Å². The second kappa shape index (κ2) is 8.15. The fraction of sp³-hybridized carbons (Fsp3) is 0.320. The van der Waals surface area contributed by atoms with Crippen LogP contribution in [0.4, 0.5) is 4.39 Å². The molecule has 1 aliphatic heterocycles. The van der Waals surface area contributed by atoms with E-state index in [-0.39, 0.29) is 22.5 Å². The van der Waals surface area contributed by atoms with Crippen molar-refractivity contribution in [3.63, 3.8) is 0 Å². The molecule has 0 unspecified atom stereocenters. The predicted molar refractivity (Wildman–Crippen MR) is 125 cm³/mol. The number of nitrogens with one attached hydrogen (secondary N) is 2. The van der Waals surface area contributed by atoms with Crippen LogP contribution in [0.2, 0.25) is 0 Å². The number of amides is 1. The van der Waals surface area contributed by atoms with E-state index in [4.69, 9.17) is 11.2 Å². The molecule has 7 nitrogen and oxygen atoms in total. The highest BCUT2D eigenvalue weighted by atomic mass is 32.2. The predicted octanol–water partition coefficient (Wildman–Crippen LogP) is 3.25. The van der Waals surface area contributed by atoms with Gasteiger partial charge in [0.25, 0.3) is 5.91 Å². The number of fused-ring (bicyclic) bond motifs is 3. The number of halogens is 1. The number of rotatable bonds is 5. The molecule has 1 amide bonds. The SMILES string of the molecule is C#CC(=O)N1[C@@H](c2ccc(S(=O)(=O)NC3CC3)cc2F)c2[nH]c3ccc(OC)cc3c2C[C@@H]1C. The molecule has 2 heterocycles. The molecule has 2 aliphatic rings. The lowest BCUT2D eigenvalue weighted by Crippen LogP contribution is -2.46. The minimum absolute atomic E-state index is 0.0958. The summed E-state index contributed by atoms with van der Waals surface area (Å²) in [5.41, 5.74) is 2.58. The molecule has 1 aromatic heterocycles. The molecule has 3 aromatic rings. The first-order valence-electron chi connectivity index (χ1n) is 11.0. The number of aromatic nitrogens is 1. The first kappa shape index (κ1) is 22.4. The maximum absolute atomic E-state index is 15.5. The zero-order valence-electron chi connectivity index (χ0n) is 18.8.